The molecule has 1 atom stereocenters. The molecule has 0 aliphatic rings. The summed E-state index contributed by atoms with van der Waals surface area (Å²) in [6.45, 7) is 4.36. The molecule has 1 unspecified atom stereocenters. The number of hydrogen-bond acceptors (Lipinski definition) is 3. The van der Waals surface area contributed by atoms with Crippen LogP contribution in [-0.4, -0.2) is 33.6 Å². The highest BCUT2D eigenvalue weighted by Crippen LogP contribution is 2.16. The van der Waals surface area contributed by atoms with E-state index in [4.69, 9.17) is 0 Å². The smallest absolute Gasteiger partial charge is 0.220 e. The molecule has 0 saturated heterocycles. The maximum atomic E-state index is 11.7. The summed E-state index contributed by atoms with van der Waals surface area (Å²) in [5.41, 5.74) is 3.09. The molecular formula is C16H23N3O2. The monoisotopic (exact) mass is 289 g/mol. The van der Waals surface area contributed by atoms with E-state index in [1.807, 2.05) is 32.0 Å². The lowest BCUT2D eigenvalue weighted by molar-refractivity contribution is -0.121. The van der Waals surface area contributed by atoms with Gasteiger partial charge in [0.1, 0.15) is 5.82 Å². The van der Waals surface area contributed by atoms with Gasteiger partial charge in [-0.15, -0.1) is 0 Å². The molecule has 1 aromatic heterocycles. The van der Waals surface area contributed by atoms with Crippen LogP contribution in [0.2, 0.25) is 0 Å². The van der Waals surface area contributed by atoms with Crippen molar-refractivity contribution >= 4 is 16.9 Å². The average Bonchev–Trinajstić information content (AvgIpc) is 2.88. The molecule has 0 saturated carbocycles. The van der Waals surface area contributed by atoms with E-state index in [0.717, 1.165) is 28.8 Å². The predicted molar refractivity (Wildman–Crippen MR) is 83.1 cm³/mol. The highest BCUT2D eigenvalue weighted by Gasteiger charge is 2.09. The first-order chi connectivity index (χ1) is 10.1. The SMILES string of the molecule is CCCC(O)CNC(=O)CCc1nc2c(C)cccc2[nH]1. The maximum absolute atomic E-state index is 11.7. The number of aliphatic hydroxyl groups is 1. The molecule has 2 rings (SSSR count). The fourth-order valence-corrected chi connectivity index (χ4v) is 2.33. The molecule has 0 fully saturated rings. The van der Waals surface area contributed by atoms with Gasteiger partial charge in [-0.1, -0.05) is 25.5 Å². The summed E-state index contributed by atoms with van der Waals surface area (Å²) in [6.07, 6.45) is 2.12. The number of rotatable bonds is 7. The van der Waals surface area contributed by atoms with Crippen LogP contribution in [0.25, 0.3) is 11.0 Å². The van der Waals surface area contributed by atoms with Crippen molar-refractivity contribution < 1.29 is 9.90 Å². The number of aromatic amines is 1. The summed E-state index contributed by atoms with van der Waals surface area (Å²) >= 11 is 0. The van der Waals surface area contributed by atoms with Crippen LogP contribution in [0.3, 0.4) is 0 Å². The normalized spacial score (nSPS) is 12.5. The number of amides is 1. The number of nitrogens with one attached hydrogen (secondary N) is 2. The minimum atomic E-state index is -0.451. The quantitative estimate of drug-likeness (QED) is 0.730. The van der Waals surface area contributed by atoms with Gasteiger partial charge in [-0.25, -0.2) is 4.98 Å². The standard InChI is InChI=1S/C16H23N3O2/c1-3-5-12(20)10-17-15(21)9-8-14-18-13-7-4-6-11(2)16(13)19-14/h4,6-7,12,20H,3,5,8-10H2,1-2H3,(H,17,21)(H,18,19). The first kappa shape index (κ1) is 15.5. The van der Waals surface area contributed by atoms with Gasteiger partial charge < -0.3 is 15.4 Å². The van der Waals surface area contributed by atoms with Crippen molar-refractivity contribution in [3.05, 3.63) is 29.6 Å². The summed E-state index contributed by atoms with van der Waals surface area (Å²) in [7, 11) is 0. The number of carbonyl (C=O) groups excluding carboxylic acids is 1. The number of H-pyrrole nitrogens is 1. The van der Waals surface area contributed by atoms with Crippen LogP contribution in [0.5, 0.6) is 0 Å². The molecule has 0 aliphatic carbocycles. The fourth-order valence-electron chi connectivity index (χ4n) is 2.33. The average molecular weight is 289 g/mol. The summed E-state index contributed by atoms with van der Waals surface area (Å²) in [5, 5.41) is 12.3. The van der Waals surface area contributed by atoms with Crippen LogP contribution in [0.15, 0.2) is 18.2 Å². The van der Waals surface area contributed by atoms with E-state index in [1.165, 1.54) is 0 Å². The molecule has 0 spiro atoms. The van der Waals surface area contributed by atoms with Gasteiger partial charge in [0.2, 0.25) is 5.91 Å². The number of aromatic nitrogens is 2. The summed E-state index contributed by atoms with van der Waals surface area (Å²) in [5.74, 6) is 0.769. The topological polar surface area (TPSA) is 78.0 Å². The Bertz CT molecular complexity index is 607. The van der Waals surface area contributed by atoms with Gasteiger partial charge in [0.05, 0.1) is 17.1 Å². The molecule has 5 heteroatoms. The van der Waals surface area contributed by atoms with Gasteiger partial charge in [0.15, 0.2) is 0 Å². The third-order valence-corrected chi connectivity index (χ3v) is 3.51. The molecule has 114 valence electrons. The Hall–Kier alpha value is -1.88. The van der Waals surface area contributed by atoms with Crippen LogP contribution < -0.4 is 5.32 Å². The molecule has 5 nitrogen and oxygen atoms in total. The molecule has 1 amide bonds. The van der Waals surface area contributed by atoms with Crippen LogP contribution >= 0.6 is 0 Å². The lowest BCUT2D eigenvalue weighted by Gasteiger charge is -2.10. The van der Waals surface area contributed by atoms with E-state index in [0.29, 0.717) is 25.8 Å². The first-order valence-electron chi connectivity index (χ1n) is 7.49. The molecule has 0 radical (unpaired) electrons. The molecule has 1 heterocycles. The molecule has 0 aliphatic heterocycles. The van der Waals surface area contributed by atoms with Crippen LogP contribution in [0, 0.1) is 6.92 Å². The third-order valence-electron chi connectivity index (χ3n) is 3.51. The van der Waals surface area contributed by atoms with Gasteiger partial charge in [-0.05, 0) is 25.0 Å². The van der Waals surface area contributed by atoms with E-state index in [-0.39, 0.29) is 5.91 Å². The van der Waals surface area contributed by atoms with Crippen molar-refractivity contribution in [2.45, 2.75) is 45.6 Å². The van der Waals surface area contributed by atoms with E-state index < -0.39 is 6.10 Å². The van der Waals surface area contributed by atoms with E-state index in [2.05, 4.69) is 15.3 Å². The number of nitrogens with zero attached hydrogens (tertiary/aromatic N) is 1. The highest BCUT2D eigenvalue weighted by atomic mass is 16.3. The Labute approximate surface area is 124 Å². The van der Waals surface area contributed by atoms with Gasteiger partial charge in [0, 0.05) is 19.4 Å². The Morgan fingerprint density at radius 3 is 3.00 bits per heavy atom. The predicted octanol–water partition coefficient (Wildman–Crippen LogP) is 2.08. The third kappa shape index (κ3) is 4.29. The fraction of sp³-hybridized carbons (Fsp3) is 0.500. The van der Waals surface area contributed by atoms with Crippen molar-refractivity contribution in [2.75, 3.05) is 6.54 Å². The van der Waals surface area contributed by atoms with Gasteiger partial charge >= 0.3 is 0 Å². The Morgan fingerprint density at radius 2 is 2.29 bits per heavy atom. The van der Waals surface area contributed by atoms with Gasteiger partial charge in [0.25, 0.3) is 0 Å². The van der Waals surface area contributed by atoms with E-state index in [9.17, 15) is 9.90 Å². The second-order valence-electron chi connectivity index (χ2n) is 5.40. The van der Waals surface area contributed by atoms with Crippen molar-refractivity contribution in [2.24, 2.45) is 0 Å². The van der Waals surface area contributed by atoms with Crippen LogP contribution in [-0.2, 0) is 11.2 Å². The number of aliphatic hydroxyl groups excluding tert-OH is 1. The zero-order valence-electron chi connectivity index (χ0n) is 12.6. The van der Waals surface area contributed by atoms with Crippen molar-refractivity contribution in [1.82, 2.24) is 15.3 Å². The highest BCUT2D eigenvalue weighted by molar-refractivity contribution is 5.79. The minimum Gasteiger partial charge on any atom is -0.391 e. The van der Waals surface area contributed by atoms with Crippen LogP contribution in [0.1, 0.15) is 37.6 Å². The Morgan fingerprint density at radius 1 is 1.48 bits per heavy atom. The van der Waals surface area contributed by atoms with Crippen molar-refractivity contribution in [3.63, 3.8) is 0 Å². The lowest BCUT2D eigenvalue weighted by Crippen LogP contribution is -2.32. The molecular weight excluding hydrogens is 266 g/mol. The number of benzene rings is 1. The van der Waals surface area contributed by atoms with Crippen molar-refractivity contribution in [1.29, 1.82) is 0 Å². The lowest BCUT2D eigenvalue weighted by atomic mass is 10.2. The Kier molecular flexibility index (Phi) is 5.33. The van der Waals surface area contributed by atoms with Crippen LogP contribution in [0.4, 0.5) is 0 Å². The van der Waals surface area contributed by atoms with E-state index in [1.54, 1.807) is 0 Å². The second-order valence-corrected chi connectivity index (χ2v) is 5.40. The second kappa shape index (κ2) is 7.22. The Balaban J connectivity index is 1.84. The largest absolute Gasteiger partial charge is 0.391 e. The zero-order chi connectivity index (χ0) is 15.2. The zero-order valence-corrected chi connectivity index (χ0v) is 12.6. The summed E-state index contributed by atoms with van der Waals surface area (Å²) < 4.78 is 0. The molecule has 2 aromatic rings. The molecule has 1 aromatic carbocycles. The number of imidazole rings is 1. The van der Waals surface area contributed by atoms with E-state index >= 15 is 0 Å². The number of para-hydroxylation sites is 1. The molecule has 0 bridgehead atoms. The first-order valence-corrected chi connectivity index (χ1v) is 7.49. The summed E-state index contributed by atoms with van der Waals surface area (Å²) in [4.78, 5) is 19.5. The molecule has 21 heavy (non-hydrogen) atoms. The summed E-state index contributed by atoms with van der Waals surface area (Å²) in [6, 6.07) is 6.00. The number of aryl methyl sites for hydroxylation is 2. The number of carbonyl (C=O) groups is 1. The van der Waals surface area contributed by atoms with Gasteiger partial charge in [-0.3, -0.25) is 4.79 Å². The maximum Gasteiger partial charge on any atom is 0.220 e. The van der Waals surface area contributed by atoms with Crippen molar-refractivity contribution in [3.8, 4) is 0 Å². The number of fused-ring (bicyclic) bond motifs is 1. The van der Waals surface area contributed by atoms with Gasteiger partial charge in [-0.2, -0.15) is 0 Å². The molecule has 3 N–H and O–H groups in total. The number of hydrogen-bond donors (Lipinski definition) is 3. The minimum absolute atomic E-state index is 0.0534.